The Labute approximate surface area is 127 Å². The Hall–Kier alpha value is -2.34. The van der Waals surface area contributed by atoms with Gasteiger partial charge in [-0.15, -0.1) is 0 Å². The third kappa shape index (κ3) is 1.99. The van der Waals surface area contributed by atoms with Gasteiger partial charge in [0.15, 0.2) is 0 Å². The Morgan fingerprint density at radius 2 is 1.95 bits per heavy atom. The summed E-state index contributed by atoms with van der Waals surface area (Å²) in [5.74, 6) is -0.0297. The molecule has 2 aliphatic rings. The quantitative estimate of drug-likeness (QED) is 0.717. The number of amides is 2. The van der Waals surface area contributed by atoms with E-state index >= 15 is 0 Å². The normalized spacial score (nSPS) is 18.2. The number of nitrogens with one attached hydrogen (secondary N) is 3. The topological polar surface area (TPSA) is 77.2 Å². The Morgan fingerprint density at radius 3 is 2.77 bits per heavy atom. The van der Waals surface area contributed by atoms with Gasteiger partial charge in [0.05, 0.1) is 0 Å². The van der Waals surface area contributed by atoms with E-state index in [-0.39, 0.29) is 11.8 Å². The fraction of sp³-hybridized carbons (Fsp3) is 0.375. The number of fused-ring (bicyclic) bond motifs is 3. The van der Waals surface area contributed by atoms with E-state index in [0.29, 0.717) is 17.8 Å². The molecule has 1 saturated heterocycles. The molecule has 4 rings (SSSR count). The molecule has 0 unspecified atom stereocenters. The molecule has 0 radical (unpaired) electrons. The van der Waals surface area contributed by atoms with E-state index < -0.39 is 0 Å². The zero-order valence-corrected chi connectivity index (χ0v) is 12.2. The predicted octanol–water partition coefficient (Wildman–Crippen LogP) is 0.499. The molecular formula is C16H18N4O2. The summed E-state index contributed by atoms with van der Waals surface area (Å²) in [4.78, 5) is 29.9. The van der Waals surface area contributed by atoms with Crippen LogP contribution in [0.5, 0.6) is 0 Å². The highest BCUT2D eigenvalue weighted by molar-refractivity contribution is 6.11. The van der Waals surface area contributed by atoms with Gasteiger partial charge in [0.1, 0.15) is 5.69 Å². The summed E-state index contributed by atoms with van der Waals surface area (Å²) in [6, 6.07) is 5.67. The third-order valence-corrected chi connectivity index (χ3v) is 4.45. The van der Waals surface area contributed by atoms with E-state index in [1.165, 1.54) is 0 Å². The van der Waals surface area contributed by atoms with Crippen LogP contribution in [0.2, 0.25) is 0 Å². The lowest BCUT2D eigenvalue weighted by Crippen LogP contribution is -2.46. The van der Waals surface area contributed by atoms with Crippen LogP contribution in [0, 0.1) is 0 Å². The number of nitrogens with zero attached hydrogens (tertiary/aromatic N) is 1. The van der Waals surface area contributed by atoms with E-state index in [0.717, 1.165) is 49.1 Å². The lowest BCUT2D eigenvalue weighted by atomic mass is 9.99. The first kappa shape index (κ1) is 13.3. The summed E-state index contributed by atoms with van der Waals surface area (Å²) in [7, 11) is 0. The van der Waals surface area contributed by atoms with Crippen molar-refractivity contribution >= 4 is 22.7 Å². The lowest BCUT2D eigenvalue weighted by Gasteiger charge is -2.28. The molecule has 22 heavy (non-hydrogen) atoms. The van der Waals surface area contributed by atoms with Crippen molar-refractivity contribution in [3.8, 4) is 0 Å². The minimum atomic E-state index is -0.0852. The minimum absolute atomic E-state index is 0.0554. The Kier molecular flexibility index (Phi) is 3.11. The summed E-state index contributed by atoms with van der Waals surface area (Å²) in [5, 5.41) is 7.01. The highest BCUT2D eigenvalue weighted by Crippen LogP contribution is 2.29. The van der Waals surface area contributed by atoms with Crippen LogP contribution in [-0.2, 0) is 6.42 Å². The molecule has 6 nitrogen and oxygen atoms in total. The number of aromatic nitrogens is 1. The average Bonchev–Trinajstić information content (AvgIpc) is 2.95. The van der Waals surface area contributed by atoms with Crippen LogP contribution < -0.4 is 10.6 Å². The lowest BCUT2D eigenvalue weighted by molar-refractivity contribution is 0.0737. The van der Waals surface area contributed by atoms with E-state index in [2.05, 4.69) is 15.6 Å². The first-order valence-electron chi connectivity index (χ1n) is 7.67. The summed E-state index contributed by atoms with van der Waals surface area (Å²) in [6.45, 7) is 3.73. The zero-order valence-electron chi connectivity index (χ0n) is 12.2. The van der Waals surface area contributed by atoms with Gasteiger partial charge in [-0.05, 0) is 24.1 Å². The fourth-order valence-electron chi connectivity index (χ4n) is 3.37. The fourth-order valence-corrected chi connectivity index (χ4v) is 3.37. The highest BCUT2D eigenvalue weighted by Gasteiger charge is 2.26. The van der Waals surface area contributed by atoms with Crippen molar-refractivity contribution in [2.45, 2.75) is 6.42 Å². The van der Waals surface area contributed by atoms with Gasteiger partial charge in [-0.1, -0.05) is 6.07 Å². The first-order valence-corrected chi connectivity index (χ1v) is 7.67. The van der Waals surface area contributed by atoms with E-state index in [4.69, 9.17) is 0 Å². The van der Waals surface area contributed by atoms with Gasteiger partial charge in [0.25, 0.3) is 11.8 Å². The standard InChI is InChI=1S/C16H18N4O2/c21-15-14-10(4-5-18-15)13-11(2-1-3-12(13)19-14)16(22)20-8-6-17-7-9-20/h1-3,17,19H,4-9H2,(H,18,21). The summed E-state index contributed by atoms with van der Waals surface area (Å²) in [5.41, 5.74) is 3.13. The number of benzene rings is 1. The minimum Gasteiger partial charge on any atom is -0.350 e. The highest BCUT2D eigenvalue weighted by atomic mass is 16.2. The van der Waals surface area contributed by atoms with Crippen molar-refractivity contribution in [3.63, 3.8) is 0 Å². The Bertz CT molecular complexity index is 759. The maximum atomic E-state index is 12.9. The van der Waals surface area contributed by atoms with Crippen LogP contribution >= 0.6 is 0 Å². The van der Waals surface area contributed by atoms with Crippen molar-refractivity contribution in [1.82, 2.24) is 20.5 Å². The molecule has 0 atom stereocenters. The maximum absolute atomic E-state index is 12.9. The molecule has 114 valence electrons. The molecule has 1 fully saturated rings. The number of hydrogen-bond donors (Lipinski definition) is 3. The molecule has 1 aromatic heterocycles. The second-order valence-corrected chi connectivity index (χ2v) is 5.75. The smallest absolute Gasteiger partial charge is 0.268 e. The Morgan fingerprint density at radius 1 is 1.14 bits per heavy atom. The number of hydrogen-bond acceptors (Lipinski definition) is 3. The molecule has 0 bridgehead atoms. The van der Waals surface area contributed by atoms with Crippen molar-refractivity contribution in [3.05, 3.63) is 35.0 Å². The number of carbonyl (C=O) groups excluding carboxylic acids is 2. The maximum Gasteiger partial charge on any atom is 0.268 e. The number of H-pyrrole nitrogens is 1. The second-order valence-electron chi connectivity index (χ2n) is 5.75. The number of rotatable bonds is 1. The van der Waals surface area contributed by atoms with Crippen molar-refractivity contribution in [2.75, 3.05) is 32.7 Å². The number of piperazine rings is 1. The van der Waals surface area contributed by atoms with Gasteiger partial charge in [-0.25, -0.2) is 0 Å². The molecule has 0 spiro atoms. The molecule has 0 saturated carbocycles. The predicted molar refractivity (Wildman–Crippen MR) is 83.1 cm³/mol. The largest absolute Gasteiger partial charge is 0.350 e. The first-order chi connectivity index (χ1) is 10.8. The molecular weight excluding hydrogens is 280 g/mol. The zero-order chi connectivity index (χ0) is 15.1. The van der Waals surface area contributed by atoms with Crippen molar-refractivity contribution in [2.24, 2.45) is 0 Å². The van der Waals surface area contributed by atoms with Crippen LogP contribution in [0.15, 0.2) is 18.2 Å². The van der Waals surface area contributed by atoms with Crippen LogP contribution in [0.4, 0.5) is 0 Å². The molecule has 3 heterocycles. The van der Waals surface area contributed by atoms with Gasteiger partial charge in [0, 0.05) is 49.2 Å². The molecule has 3 N–H and O–H groups in total. The molecule has 6 heteroatoms. The number of aromatic amines is 1. The van der Waals surface area contributed by atoms with Gasteiger partial charge >= 0.3 is 0 Å². The van der Waals surface area contributed by atoms with Gasteiger partial charge < -0.3 is 20.5 Å². The SMILES string of the molecule is O=C1NCCc2c1[nH]c1cccc(C(=O)N3CCNCC3)c21. The van der Waals surface area contributed by atoms with E-state index in [1.54, 1.807) is 0 Å². The van der Waals surface area contributed by atoms with Gasteiger partial charge in [-0.3, -0.25) is 9.59 Å². The van der Waals surface area contributed by atoms with Crippen LogP contribution in [0.25, 0.3) is 10.9 Å². The Balaban J connectivity index is 1.84. The molecule has 1 aromatic carbocycles. The summed E-state index contributed by atoms with van der Waals surface area (Å²) < 4.78 is 0. The van der Waals surface area contributed by atoms with Gasteiger partial charge in [-0.2, -0.15) is 0 Å². The van der Waals surface area contributed by atoms with Crippen molar-refractivity contribution < 1.29 is 9.59 Å². The molecule has 2 aliphatic heterocycles. The van der Waals surface area contributed by atoms with Gasteiger partial charge in [0.2, 0.25) is 0 Å². The third-order valence-electron chi connectivity index (χ3n) is 4.45. The molecule has 2 aromatic rings. The van der Waals surface area contributed by atoms with E-state index in [1.807, 2.05) is 23.1 Å². The van der Waals surface area contributed by atoms with E-state index in [9.17, 15) is 9.59 Å². The van der Waals surface area contributed by atoms with Crippen molar-refractivity contribution in [1.29, 1.82) is 0 Å². The number of carbonyl (C=O) groups is 2. The monoisotopic (exact) mass is 298 g/mol. The summed E-state index contributed by atoms with van der Waals surface area (Å²) in [6.07, 6.45) is 0.757. The van der Waals surface area contributed by atoms with Crippen LogP contribution in [0.3, 0.4) is 0 Å². The van der Waals surface area contributed by atoms with Crippen LogP contribution in [-0.4, -0.2) is 54.4 Å². The molecule has 0 aliphatic carbocycles. The molecule has 2 amide bonds. The second kappa shape index (κ2) is 5.14. The average molecular weight is 298 g/mol. The van der Waals surface area contributed by atoms with Crippen LogP contribution in [0.1, 0.15) is 26.4 Å². The summed E-state index contributed by atoms with van der Waals surface area (Å²) >= 11 is 0.